The van der Waals surface area contributed by atoms with Crippen molar-refractivity contribution >= 4 is 63.0 Å². The highest BCUT2D eigenvalue weighted by molar-refractivity contribution is 8.18. The van der Waals surface area contributed by atoms with Crippen LogP contribution in [0.15, 0.2) is 95.9 Å². The SMILES string of the molecule is O=C(COc1ccccc1/C=C1\SC(=O)N(CCOc2cccc3ccccc23)C1=O)Nc1ccccc1Cl. The molecule has 1 aliphatic rings. The Morgan fingerprint density at radius 2 is 1.59 bits per heavy atom. The molecule has 0 atom stereocenters. The number of thioether (sulfide) groups is 1. The lowest BCUT2D eigenvalue weighted by molar-refractivity contribution is -0.123. The van der Waals surface area contributed by atoms with Crippen molar-refractivity contribution in [3.63, 3.8) is 0 Å². The van der Waals surface area contributed by atoms with Crippen LogP contribution in [0.3, 0.4) is 0 Å². The topological polar surface area (TPSA) is 84.9 Å². The Balaban J connectivity index is 1.21. The van der Waals surface area contributed by atoms with E-state index in [0.717, 1.165) is 22.5 Å². The van der Waals surface area contributed by atoms with Crippen molar-refractivity contribution in [1.82, 2.24) is 4.90 Å². The van der Waals surface area contributed by atoms with Crippen LogP contribution < -0.4 is 14.8 Å². The van der Waals surface area contributed by atoms with Crippen molar-refractivity contribution in [2.45, 2.75) is 0 Å². The Labute approximate surface area is 234 Å². The molecule has 1 aliphatic heterocycles. The minimum absolute atomic E-state index is 0.117. The summed E-state index contributed by atoms with van der Waals surface area (Å²) in [6, 6.07) is 27.5. The first-order chi connectivity index (χ1) is 19.0. The third-order valence-electron chi connectivity index (χ3n) is 5.91. The molecule has 0 bridgehead atoms. The van der Waals surface area contributed by atoms with E-state index in [1.165, 1.54) is 4.90 Å². The predicted molar refractivity (Wildman–Crippen MR) is 154 cm³/mol. The van der Waals surface area contributed by atoms with Crippen LogP contribution in [0.25, 0.3) is 16.8 Å². The Kier molecular flexibility index (Phi) is 8.15. The number of hydrogen-bond donors (Lipinski definition) is 1. The van der Waals surface area contributed by atoms with Crippen LogP contribution in [0.5, 0.6) is 11.5 Å². The predicted octanol–water partition coefficient (Wildman–Crippen LogP) is 6.63. The number of rotatable bonds is 9. The van der Waals surface area contributed by atoms with Gasteiger partial charge in [-0.3, -0.25) is 19.3 Å². The number of fused-ring (bicyclic) bond motifs is 1. The molecule has 0 saturated carbocycles. The van der Waals surface area contributed by atoms with Gasteiger partial charge in [-0.15, -0.1) is 0 Å². The lowest BCUT2D eigenvalue weighted by Crippen LogP contribution is -2.32. The summed E-state index contributed by atoms with van der Waals surface area (Å²) in [6.07, 6.45) is 1.60. The molecular formula is C30H23ClN2O5S. The number of hydrogen-bond acceptors (Lipinski definition) is 6. The molecular weight excluding hydrogens is 536 g/mol. The highest BCUT2D eigenvalue weighted by Gasteiger charge is 2.35. The molecule has 9 heteroatoms. The molecule has 196 valence electrons. The van der Waals surface area contributed by atoms with E-state index >= 15 is 0 Å². The molecule has 0 radical (unpaired) electrons. The molecule has 1 saturated heterocycles. The molecule has 0 aromatic heterocycles. The van der Waals surface area contributed by atoms with Crippen LogP contribution in [0.4, 0.5) is 10.5 Å². The van der Waals surface area contributed by atoms with E-state index in [1.54, 1.807) is 54.6 Å². The van der Waals surface area contributed by atoms with Crippen LogP contribution >= 0.6 is 23.4 Å². The molecule has 0 aliphatic carbocycles. The third kappa shape index (κ3) is 6.25. The highest BCUT2D eigenvalue weighted by Crippen LogP contribution is 2.34. The summed E-state index contributed by atoms with van der Waals surface area (Å²) < 4.78 is 11.6. The number of carbonyl (C=O) groups is 3. The second kappa shape index (κ2) is 12.1. The number of amides is 3. The number of carbonyl (C=O) groups excluding carboxylic acids is 3. The lowest BCUT2D eigenvalue weighted by atomic mass is 10.1. The van der Waals surface area contributed by atoms with Gasteiger partial charge < -0.3 is 14.8 Å². The van der Waals surface area contributed by atoms with Crippen LogP contribution in [0, 0.1) is 0 Å². The van der Waals surface area contributed by atoms with E-state index in [4.69, 9.17) is 21.1 Å². The molecule has 0 spiro atoms. The van der Waals surface area contributed by atoms with Gasteiger partial charge in [0, 0.05) is 10.9 Å². The van der Waals surface area contributed by atoms with Crippen molar-refractivity contribution in [2.24, 2.45) is 0 Å². The average Bonchev–Trinajstić information content (AvgIpc) is 3.21. The van der Waals surface area contributed by atoms with Crippen LogP contribution in [-0.4, -0.2) is 41.7 Å². The Hall–Kier alpha value is -4.27. The van der Waals surface area contributed by atoms with E-state index < -0.39 is 5.91 Å². The van der Waals surface area contributed by atoms with Crippen molar-refractivity contribution in [2.75, 3.05) is 25.1 Å². The number of imide groups is 1. The molecule has 1 heterocycles. The van der Waals surface area contributed by atoms with Gasteiger partial charge >= 0.3 is 0 Å². The zero-order chi connectivity index (χ0) is 27.2. The first-order valence-electron chi connectivity index (χ1n) is 12.1. The third-order valence-corrected chi connectivity index (χ3v) is 7.14. The largest absolute Gasteiger partial charge is 0.491 e. The zero-order valence-electron chi connectivity index (χ0n) is 20.6. The second-order valence-corrected chi connectivity index (χ2v) is 9.91. The standard InChI is InChI=1S/C30H23ClN2O5S/c31-23-12-4-5-13-24(23)32-28(34)19-38-25-14-6-2-9-21(25)18-27-29(35)33(30(36)39-27)16-17-37-26-15-7-10-20-8-1-3-11-22(20)26/h1-15,18H,16-17,19H2,(H,32,34)/b27-18-. The average molecular weight is 559 g/mol. The molecule has 4 aromatic carbocycles. The Bertz CT molecular complexity index is 1580. The maximum absolute atomic E-state index is 13.0. The molecule has 0 unspecified atom stereocenters. The second-order valence-electron chi connectivity index (χ2n) is 8.51. The fraction of sp³-hybridized carbons (Fsp3) is 0.100. The summed E-state index contributed by atoms with van der Waals surface area (Å²) in [6.45, 7) is 0.0220. The van der Waals surface area contributed by atoms with Gasteiger partial charge in [0.15, 0.2) is 6.61 Å². The van der Waals surface area contributed by atoms with Gasteiger partial charge in [-0.1, -0.05) is 78.3 Å². The van der Waals surface area contributed by atoms with Gasteiger partial charge in [-0.05, 0) is 47.5 Å². The van der Waals surface area contributed by atoms with Crippen LogP contribution in [0.2, 0.25) is 5.02 Å². The minimum atomic E-state index is -0.405. The molecule has 39 heavy (non-hydrogen) atoms. The fourth-order valence-electron chi connectivity index (χ4n) is 4.03. The van der Waals surface area contributed by atoms with E-state index in [9.17, 15) is 14.4 Å². The molecule has 7 nitrogen and oxygen atoms in total. The fourth-order valence-corrected chi connectivity index (χ4v) is 5.06. The maximum atomic E-state index is 13.0. The maximum Gasteiger partial charge on any atom is 0.293 e. The van der Waals surface area contributed by atoms with Crippen molar-refractivity contribution < 1.29 is 23.9 Å². The Morgan fingerprint density at radius 1 is 0.872 bits per heavy atom. The summed E-state index contributed by atoms with van der Waals surface area (Å²) >= 11 is 6.95. The molecule has 4 aromatic rings. The van der Waals surface area contributed by atoms with Crippen molar-refractivity contribution in [1.29, 1.82) is 0 Å². The van der Waals surface area contributed by atoms with E-state index in [-0.39, 0.29) is 35.8 Å². The monoisotopic (exact) mass is 558 g/mol. The smallest absolute Gasteiger partial charge is 0.293 e. The molecule has 1 fully saturated rings. The zero-order valence-corrected chi connectivity index (χ0v) is 22.2. The van der Waals surface area contributed by atoms with Crippen LogP contribution in [-0.2, 0) is 9.59 Å². The number of halogens is 1. The summed E-state index contributed by atoms with van der Waals surface area (Å²) in [5.41, 5.74) is 1.06. The van der Waals surface area contributed by atoms with Gasteiger partial charge in [0.2, 0.25) is 0 Å². The number of ether oxygens (including phenoxy) is 2. The Morgan fingerprint density at radius 3 is 2.46 bits per heavy atom. The summed E-state index contributed by atoms with van der Waals surface area (Å²) in [5, 5.41) is 4.76. The van der Waals surface area contributed by atoms with E-state index in [2.05, 4.69) is 5.32 Å². The minimum Gasteiger partial charge on any atom is -0.491 e. The van der Waals surface area contributed by atoms with Crippen molar-refractivity contribution in [3.05, 3.63) is 106 Å². The number of benzene rings is 4. The van der Waals surface area contributed by atoms with Gasteiger partial charge in [0.05, 0.1) is 22.2 Å². The summed E-state index contributed by atoms with van der Waals surface area (Å²) in [4.78, 5) is 39.5. The van der Waals surface area contributed by atoms with Gasteiger partial charge in [0.25, 0.3) is 17.1 Å². The quantitative estimate of drug-likeness (QED) is 0.232. The van der Waals surface area contributed by atoms with E-state index in [1.807, 2.05) is 42.5 Å². The molecule has 3 amide bonds. The summed E-state index contributed by atoms with van der Waals surface area (Å²) in [5.74, 6) is 0.306. The normalized spacial score (nSPS) is 14.2. The number of para-hydroxylation sites is 2. The lowest BCUT2D eigenvalue weighted by Gasteiger charge is -2.14. The number of anilines is 1. The van der Waals surface area contributed by atoms with Gasteiger partial charge in [-0.25, -0.2) is 0 Å². The first-order valence-corrected chi connectivity index (χ1v) is 13.3. The van der Waals surface area contributed by atoms with Gasteiger partial charge in [-0.2, -0.15) is 0 Å². The molecule has 5 rings (SSSR count). The molecule has 1 N–H and O–H groups in total. The first kappa shape index (κ1) is 26.3. The summed E-state index contributed by atoms with van der Waals surface area (Å²) in [7, 11) is 0. The highest BCUT2D eigenvalue weighted by atomic mass is 35.5. The number of nitrogens with zero attached hydrogens (tertiary/aromatic N) is 1. The van der Waals surface area contributed by atoms with E-state index in [0.29, 0.717) is 27.8 Å². The number of nitrogens with one attached hydrogen (secondary N) is 1. The van der Waals surface area contributed by atoms with Gasteiger partial charge in [0.1, 0.15) is 18.1 Å². The van der Waals surface area contributed by atoms with Crippen molar-refractivity contribution in [3.8, 4) is 11.5 Å². The van der Waals surface area contributed by atoms with Crippen LogP contribution in [0.1, 0.15) is 5.56 Å².